The van der Waals surface area contributed by atoms with E-state index in [4.69, 9.17) is 5.11 Å². The Kier molecular flexibility index (Phi) is 6.42. The zero-order valence-corrected chi connectivity index (χ0v) is 12.5. The molecule has 0 aliphatic carbocycles. The highest BCUT2D eigenvalue weighted by atomic mass is 32.1. The van der Waals surface area contributed by atoms with E-state index in [1.54, 1.807) is 11.3 Å². The summed E-state index contributed by atoms with van der Waals surface area (Å²) in [6, 6.07) is 4.74. The highest BCUT2D eigenvalue weighted by Gasteiger charge is 2.12. The lowest BCUT2D eigenvalue weighted by molar-refractivity contribution is 0.191. The zero-order chi connectivity index (χ0) is 13.5. The Bertz CT molecular complexity index is 412. The van der Waals surface area contributed by atoms with Gasteiger partial charge in [-0.05, 0) is 31.9 Å². The first kappa shape index (κ1) is 15.2. The molecule has 1 rings (SSSR count). The largest absolute Gasteiger partial charge is 0.384 e. The number of aliphatic hydroxyl groups excluding tert-OH is 1. The summed E-state index contributed by atoms with van der Waals surface area (Å²) in [6.07, 6.45) is 0. The lowest BCUT2D eigenvalue weighted by atomic mass is 10.2. The van der Waals surface area contributed by atoms with E-state index in [2.05, 4.69) is 50.5 Å². The van der Waals surface area contributed by atoms with Crippen molar-refractivity contribution in [3.8, 4) is 11.8 Å². The first-order valence-corrected chi connectivity index (χ1v) is 7.27. The van der Waals surface area contributed by atoms with Crippen molar-refractivity contribution in [3.63, 3.8) is 0 Å². The Morgan fingerprint density at radius 1 is 1.28 bits per heavy atom. The molecule has 0 unspecified atom stereocenters. The Morgan fingerprint density at radius 3 is 2.56 bits per heavy atom. The SMILES string of the molecule is CC(C)CN(Cc1ccc(C#CCO)s1)C(C)C. The monoisotopic (exact) mass is 265 g/mol. The second kappa shape index (κ2) is 7.58. The second-order valence-corrected chi connectivity index (χ2v) is 6.31. The standard InChI is InChI=1S/C15H23NOS/c1-12(2)10-16(13(3)4)11-15-8-7-14(18-15)6-5-9-17/h7-8,12-13,17H,9-11H2,1-4H3. The molecule has 0 bridgehead atoms. The molecule has 0 aliphatic rings. The van der Waals surface area contributed by atoms with Crippen molar-refractivity contribution in [2.45, 2.75) is 40.3 Å². The normalized spacial score (nSPS) is 11.1. The van der Waals surface area contributed by atoms with Crippen LogP contribution >= 0.6 is 11.3 Å². The van der Waals surface area contributed by atoms with Gasteiger partial charge in [-0.15, -0.1) is 11.3 Å². The van der Waals surface area contributed by atoms with Gasteiger partial charge >= 0.3 is 0 Å². The first-order valence-electron chi connectivity index (χ1n) is 6.45. The van der Waals surface area contributed by atoms with Crippen LogP contribution in [0.4, 0.5) is 0 Å². The molecule has 0 amide bonds. The average molecular weight is 265 g/mol. The van der Waals surface area contributed by atoms with Crippen LogP contribution in [0.25, 0.3) is 0 Å². The fourth-order valence-corrected chi connectivity index (χ4v) is 2.69. The number of aliphatic hydroxyl groups is 1. The van der Waals surface area contributed by atoms with Gasteiger partial charge in [-0.1, -0.05) is 25.7 Å². The van der Waals surface area contributed by atoms with E-state index in [1.807, 2.05) is 6.07 Å². The summed E-state index contributed by atoms with van der Waals surface area (Å²) in [6.45, 7) is 11.0. The molecule has 3 heteroatoms. The van der Waals surface area contributed by atoms with Gasteiger partial charge in [0, 0.05) is 24.0 Å². The minimum absolute atomic E-state index is 0.0707. The van der Waals surface area contributed by atoms with Gasteiger partial charge in [0.2, 0.25) is 0 Å². The van der Waals surface area contributed by atoms with Crippen molar-refractivity contribution in [2.24, 2.45) is 5.92 Å². The van der Waals surface area contributed by atoms with Crippen LogP contribution in [0.1, 0.15) is 37.4 Å². The van der Waals surface area contributed by atoms with E-state index in [0.29, 0.717) is 12.0 Å². The van der Waals surface area contributed by atoms with E-state index >= 15 is 0 Å². The van der Waals surface area contributed by atoms with E-state index < -0.39 is 0 Å². The van der Waals surface area contributed by atoms with Gasteiger partial charge in [0.05, 0.1) is 4.88 Å². The molecule has 0 aromatic carbocycles. The quantitative estimate of drug-likeness (QED) is 0.827. The summed E-state index contributed by atoms with van der Waals surface area (Å²) in [5.74, 6) is 6.33. The molecule has 1 aromatic heterocycles. The van der Waals surface area contributed by atoms with E-state index in [1.165, 1.54) is 4.88 Å². The van der Waals surface area contributed by atoms with Crippen LogP contribution in [0.5, 0.6) is 0 Å². The maximum Gasteiger partial charge on any atom is 0.104 e. The molecule has 0 fully saturated rings. The molecular weight excluding hydrogens is 242 g/mol. The fraction of sp³-hybridized carbons (Fsp3) is 0.600. The van der Waals surface area contributed by atoms with Gasteiger partial charge in [-0.25, -0.2) is 0 Å². The minimum atomic E-state index is -0.0707. The lowest BCUT2D eigenvalue weighted by Gasteiger charge is -2.27. The maximum absolute atomic E-state index is 8.67. The van der Waals surface area contributed by atoms with Crippen LogP contribution in [0.2, 0.25) is 0 Å². The summed E-state index contributed by atoms with van der Waals surface area (Å²) in [5, 5.41) is 8.67. The maximum atomic E-state index is 8.67. The number of nitrogens with zero attached hydrogens (tertiary/aromatic N) is 1. The molecule has 100 valence electrons. The predicted octanol–water partition coefficient (Wildman–Crippen LogP) is 2.96. The van der Waals surface area contributed by atoms with Crippen molar-refractivity contribution < 1.29 is 5.11 Å². The number of rotatable bonds is 5. The highest BCUT2D eigenvalue weighted by molar-refractivity contribution is 7.12. The van der Waals surface area contributed by atoms with Crippen LogP contribution < -0.4 is 0 Å². The van der Waals surface area contributed by atoms with Crippen LogP contribution in [0.3, 0.4) is 0 Å². The van der Waals surface area contributed by atoms with Crippen LogP contribution in [-0.4, -0.2) is 29.2 Å². The Balaban J connectivity index is 2.66. The van der Waals surface area contributed by atoms with Crippen molar-refractivity contribution in [1.82, 2.24) is 4.90 Å². The van der Waals surface area contributed by atoms with Crippen molar-refractivity contribution in [1.29, 1.82) is 0 Å². The van der Waals surface area contributed by atoms with Crippen molar-refractivity contribution in [3.05, 3.63) is 21.9 Å². The van der Waals surface area contributed by atoms with E-state index in [9.17, 15) is 0 Å². The van der Waals surface area contributed by atoms with Gasteiger partial charge in [-0.3, -0.25) is 4.90 Å². The minimum Gasteiger partial charge on any atom is -0.384 e. The van der Waals surface area contributed by atoms with Gasteiger partial charge in [-0.2, -0.15) is 0 Å². The molecule has 1 aromatic rings. The summed E-state index contributed by atoms with van der Waals surface area (Å²) in [5.41, 5.74) is 0. The molecule has 0 saturated heterocycles. The number of hydrogen-bond acceptors (Lipinski definition) is 3. The third-order valence-electron chi connectivity index (χ3n) is 2.64. The zero-order valence-electron chi connectivity index (χ0n) is 11.7. The van der Waals surface area contributed by atoms with E-state index in [-0.39, 0.29) is 6.61 Å². The molecule has 0 spiro atoms. The van der Waals surface area contributed by atoms with Crippen LogP contribution in [-0.2, 0) is 6.54 Å². The Morgan fingerprint density at radius 2 is 2.00 bits per heavy atom. The summed E-state index contributed by atoms with van der Waals surface area (Å²) < 4.78 is 0. The molecule has 1 heterocycles. The fourth-order valence-electron chi connectivity index (χ4n) is 1.78. The molecule has 0 radical (unpaired) electrons. The Labute approximate surface area is 115 Å². The lowest BCUT2D eigenvalue weighted by Crippen LogP contribution is -2.33. The van der Waals surface area contributed by atoms with Gasteiger partial charge in [0.1, 0.15) is 6.61 Å². The van der Waals surface area contributed by atoms with Crippen LogP contribution in [0, 0.1) is 17.8 Å². The molecule has 18 heavy (non-hydrogen) atoms. The summed E-state index contributed by atoms with van der Waals surface area (Å²) >= 11 is 1.72. The first-order chi connectivity index (χ1) is 8.52. The predicted molar refractivity (Wildman–Crippen MR) is 78.7 cm³/mol. The van der Waals surface area contributed by atoms with Crippen molar-refractivity contribution >= 4 is 11.3 Å². The molecule has 1 N–H and O–H groups in total. The molecular formula is C15H23NOS. The van der Waals surface area contributed by atoms with Gasteiger partial charge in [0.25, 0.3) is 0 Å². The summed E-state index contributed by atoms with van der Waals surface area (Å²) in [4.78, 5) is 4.86. The molecule has 0 aliphatic heterocycles. The topological polar surface area (TPSA) is 23.5 Å². The second-order valence-electron chi connectivity index (χ2n) is 5.14. The van der Waals surface area contributed by atoms with Gasteiger partial charge in [0.15, 0.2) is 0 Å². The third kappa shape index (κ3) is 5.22. The Hall–Kier alpha value is -0.820. The van der Waals surface area contributed by atoms with E-state index in [0.717, 1.165) is 18.0 Å². The molecule has 0 atom stereocenters. The average Bonchev–Trinajstić information content (AvgIpc) is 2.72. The highest BCUT2D eigenvalue weighted by Crippen LogP contribution is 2.19. The molecule has 2 nitrogen and oxygen atoms in total. The van der Waals surface area contributed by atoms with Crippen LogP contribution in [0.15, 0.2) is 12.1 Å². The number of hydrogen-bond donors (Lipinski definition) is 1. The van der Waals surface area contributed by atoms with Crippen molar-refractivity contribution in [2.75, 3.05) is 13.2 Å². The van der Waals surface area contributed by atoms with Gasteiger partial charge < -0.3 is 5.11 Å². The number of thiophene rings is 1. The smallest absolute Gasteiger partial charge is 0.104 e. The third-order valence-corrected chi connectivity index (χ3v) is 3.63. The summed E-state index contributed by atoms with van der Waals surface area (Å²) in [7, 11) is 0. The molecule has 0 saturated carbocycles.